The van der Waals surface area contributed by atoms with Crippen LogP contribution in [-0.4, -0.2) is 29.1 Å². The van der Waals surface area contributed by atoms with Crippen LogP contribution in [0.2, 0.25) is 0 Å². The molecule has 2 aliphatic rings. The second-order valence-corrected chi connectivity index (χ2v) is 5.73. The molecule has 1 N–H and O–H groups in total. The standard InChI is InChI=1S/C15H21NO/c1-11-4-3-5-14(12(11)2)15(17)8-9-16(10-15)13-6-7-13/h3-5,13,17H,6-10H2,1-2H3. The molecule has 0 amide bonds. The number of nitrogens with zero attached hydrogens (tertiary/aromatic N) is 1. The third-order valence-electron chi connectivity index (χ3n) is 4.45. The Morgan fingerprint density at radius 2 is 2.06 bits per heavy atom. The van der Waals surface area contributed by atoms with E-state index in [0.29, 0.717) is 0 Å². The fourth-order valence-corrected chi connectivity index (χ4v) is 3.05. The van der Waals surface area contributed by atoms with Gasteiger partial charge in [0.05, 0.1) is 0 Å². The van der Waals surface area contributed by atoms with Crippen LogP contribution in [-0.2, 0) is 5.60 Å². The lowest BCUT2D eigenvalue weighted by Gasteiger charge is -2.26. The quantitative estimate of drug-likeness (QED) is 0.844. The van der Waals surface area contributed by atoms with Crippen LogP contribution in [0, 0.1) is 13.8 Å². The lowest BCUT2D eigenvalue weighted by atomic mass is 9.88. The number of hydrogen-bond acceptors (Lipinski definition) is 2. The maximum absolute atomic E-state index is 10.9. The zero-order valence-corrected chi connectivity index (χ0v) is 10.7. The second-order valence-electron chi connectivity index (χ2n) is 5.73. The first-order valence-corrected chi connectivity index (χ1v) is 6.63. The SMILES string of the molecule is Cc1cccc(C2(O)CCN(C3CC3)C2)c1C. The first-order chi connectivity index (χ1) is 8.10. The fraction of sp³-hybridized carbons (Fsp3) is 0.600. The Morgan fingerprint density at radius 1 is 1.29 bits per heavy atom. The van der Waals surface area contributed by atoms with Gasteiger partial charge in [-0.1, -0.05) is 18.2 Å². The normalized spacial score (nSPS) is 29.8. The predicted octanol–water partition coefficient (Wildman–Crippen LogP) is 2.36. The summed E-state index contributed by atoms with van der Waals surface area (Å²) >= 11 is 0. The van der Waals surface area contributed by atoms with E-state index in [4.69, 9.17) is 0 Å². The maximum Gasteiger partial charge on any atom is 0.104 e. The van der Waals surface area contributed by atoms with Crippen LogP contribution in [0.15, 0.2) is 18.2 Å². The number of likely N-dealkylation sites (tertiary alicyclic amines) is 1. The van der Waals surface area contributed by atoms with Gasteiger partial charge in [-0.15, -0.1) is 0 Å². The first kappa shape index (κ1) is 11.2. The van der Waals surface area contributed by atoms with Gasteiger partial charge >= 0.3 is 0 Å². The molecular weight excluding hydrogens is 210 g/mol. The number of β-amino-alcohol motifs (C(OH)–C–C–N with tert-alkyl or cyclic N) is 1. The van der Waals surface area contributed by atoms with Gasteiger partial charge in [0.2, 0.25) is 0 Å². The molecule has 1 saturated carbocycles. The van der Waals surface area contributed by atoms with Crippen molar-refractivity contribution in [3.63, 3.8) is 0 Å². The predicted molar refractivity (Wildman–Crippen MR) is 69.0 cm³/mol. The van der Waals surface area contributed by atoms with Crippen molar-refractivity contribution in [3.8, 4) is 0 Å². The molecule has 0 spiro atoms. The molecule has 1 aliphatic carbocycles. The summed E-state index contributed by atoms with van der Waals surface area (Å²) in [6, 6.07) is 7.04. The lowest BCUT2D eigenvalue weighted by Crippen LogP contribution is -2.32. The van der Waals surface area contributed by atoms with Crippen molar-refractivity contribution in [1.82, 2.24) is 4.90 Å². The van der Waals surface area contributed by atoms with Gasteiger partial charge in [-0.25, -0.2) is 0 Å². The maximum atomic E-state index is 10.9. The summed E-state index contributed by atoms with van der Waals surface area (Å²) in [4.78, 5) is 2.46. The fourth-order valence-electron chi connectivity index (χ4n) is 3.05. The van der Waals surface area contributed by atoms with Crippen LogP contribution in [0.4, 0.5) is 0 Å². The van der Waals surface area contributed by atoms with Crippen molar-refractivity contribution in [2.45, 2.75) is 44.8 Å². The van der Waals surface area contributed by atoms with E-state index in [0.717, 1.165) is 31.1 Å². The average Bonchev–Trinajstić information content (AvgIpc) is 3.07. The average molecular weight is 231 g/mol. The molecule has 3 rings (SSSR count). The van der Waals surface area contributed by atoms with Crippen molar-refractivity contribution in [2.24, 2.45) is 0 Å². The highest BCUT2D eigenvalue weighted by molar-refractivity contribution is 5.38. The van der Waals surface area contributed by atoms with Crippen molar-refractivity contribution >= 4 is 0 Å². The van der Waals surface area contributed by atoms with Gasteiger partial charge in [-0.05, 0) is 49.8 Å². The smallest absolute Gasteiger partial charge is 0.104 e. The minimum Gasteiger partial charge on any atom is -0.384 e. The van der Waals surface area contributed by atoms with E-state index in [-0.39, 0.29) is 0 Å². The zero-order chi connectivity index (χ0) is 12.0. The Bertz CT molecular complexity index is 439. The zero-order valence-electron chi connectivity index (χ0n) is 10.7. The van der Waals surface area contributed by atoms with Gasteiger partial charge in [-0.2, -0.15) is 0 Å². The number of benzene rings is 1. The van der Waals surface area contributed by atoms with Gasteiger partial charge in [0.25, 0.3) is 0 Å². The van der Waals surface area contributed by atoms with E-state index < -0.39 is 5.60 Å². The molecule has 17 heavy (non-hydrogen) atoms. The molecule has 1 aromatic rings. The number of rotatable bonds is 2. The summed E-state index contributed by atoms with van der Waals surface area (Å²) in [5.74, 6) is 0. The van der Waals surface area contributed by atoms with Crippen molar-refractivity contribution in [2.75, 3.05) is 13.1 Å². The summed E-state index contributed by atoms with van der Waals surface area (Å²) in [5.41, 5.74) is 3.06. The van der Waals surface area contributed by atoms with Crippen LogP contribution < -0.4 is 0 Å². The Morgan fingerprint density at radius 3 is 2.76 bits per heavy atom. The molecular formula is C15H21NO. The minimum atomic E-state index is -0.612. The highest BCUT2D eigenvalue weighted by atomic mass is 16.3. The highest BCUT2D eigenvalue weighted by Gasteiger charge is 2.43. The second kappa shape index (κ2) is 3.82. The van der Waals surface area contributed by atoms with Gasteiger partial charge < -0.3 is 5.11 Å². The van der Waals surface area contributed by atoms with Crippen LogP contribution in [0.1, 0.15) is 36.0 Å². The van der Waals surface area contributed by atoms with E-state index in [9.17, 15) is 5.11 Å². The molecule has 2 fully saturated rings. The monoisotopic (exact) mass is 231 g/mol. The summed E-state index contributed by atoms with van der Waals surface area (Å²) in [7, 11) is 0. The Hall–Kier alpha value is -0.860. The molecule has 92 valence electrons. The van der Waals surface area contributed by atoms with E-state index in [1.165, 1.54) is 24.0 Å². The van der Waals surface area contributed by atoms with Crippen molar-refractivity contribution in [1.29, 1.82) is 0 Å². The van der Waals surface area contributed by atoms with Crippen LogP contribution in [0.5, 0.6) is 0 Å². The van der Waals surface area contributed by atoms with Crippen LogP contribution >= 0.6 is 0 Å². The topological polar surface area (TPSA) is 23.5 Å². The van der Waals surface area contributed by atoms with Gasteiger partial charge in [0.1, 0.15) is 5.60 Å². The van der Waals surface area contributed by atoms with E-state index in [2.05, 4.69) is 36.9 Å². The molecule has 0 bridgehead atoms. The summed E-state index contributed by atoms with van der Waals surface area (Å²) in [6.07, 6.45) is 3.53. The lowest BCUT2D eigenvalue weighted by molar-refractivity contribution is 0.0445. The molecule has 1 aromatic carbocycles. The van der Waals surface area contributed by atoms with E-state index in [1.807, 2.05) is 0 Å². The first-order valence-electron chi connectivity index (χ1n) is 6.63. The van der Waals surface area contributed by atoms with E-state index in [1.54, 1.807) is 0 Å². The molecule has 1 aliphatic heterocycles. The molecule has 0 aromatic heterocycles. The van der Waals surface area contributed by atoms with Gasteiger partial charge in [0, 0.05) is 19.1 Å². The molecule has 1 atom stereocenters. The Balaban J connectivity index is 1.89. The van der Waals surface area contributed by atoms with Gasteiger partial charge in [-0.3, -0.25) is 4.90 Å². The minimum absolute atomic E-state index is 0.612. The largest absolute Gasteiger partial charge is 0.384 e. The molecule has 2 heteroatoms. The van der Waals surface area contributed by atoms with Crippen molar-refractivity contribution in [3.05, 3.63) is 34.9 Å². The molecule has 0 radical (unpaired) electrons. The van der Waals surface area contributed by atoms with Crippen LogP contribution in [0.25, 0.3) is 0 Å². The number of hydrogen-bond donors (Lipinski definition) is 1. The Kier molecular flexibility index (Phi) is 2.53. The highest BCUT2D eigenvalue weighted by Crippen LogP contribution is 2.39. The molecule has 1 saturated heterocycles. The molecule has 2 nitrogen and oxygen atoms in total. The van der Waals surface area contributed by atoms with E-state index >= 15 is 0 Å². The third kappa shape index (κ3) is 1.90. The van der Waals surface area contributed by atoms with Gasteiger partial charge in [0.15, 0.2) is 0 Å². The van der Waals surface area contributed by atoms with Crippen molar-refractivity contribution < 1.29 is 5.11 Å². The summed E-state index contributed by atoms with van der Waals surface area (Å²) in [6.45, 7) is 6.12. The number of aryl methyl sites for hydroxylation is 1. The summed E-state index contributed by atoms with van der Waals surface area (Å²) in [5, 5.41) is 10.9. The number of aliphatic hydroxyl groups is 1. The Labute approximate surface area is 103 Å². The molecule has 1 heterocycles. The van der Waals surface area contributed by atoms with Crippen LogP contribution in [0.3, 0.4) is 0 Å². The molecule has 1 unspecified atom stereocenters. The summed E-state index contributed by atoms with van der Waals surface area (Å²) < 4.78 is 0. The third-order valence-corrected chi connectivity index (χ3v) is 4.45.